The van der Waals surface area contributed by atoms with Crippen LogP contribution in [0.5, 0.6) is 6.01 Å². The highest BCUT2D eigenvalue weighted by atomic mass is 19.4. The van der Waals surface area contributed by atoms with Gasteiger partial charge in [0.05, 0.1) is 0 Å². The first-order valence-corrected chi connectivity index (χ1v) is 11.4. The fraction of sp³-hybridized carbons (Fsp3) is 0.385. The molecule has 0 saturated heterocycles. The molecule has 3 aromatic rings. The van der Waals surface area contributed by atoms with Gasteiger partial charge in [0, 0.05) is 18.4 Å². The van der Waals surface area contributed by atoms with Gasteiger partial charge in [-0.3, -0.25) is 0 Å². The van der Waals surface area contributed by atoms with Crippen molar-refractivity contribution in [2.45, 2.75) is 57.7 Å². The van der Waals surface area contributed by atoms with Gasteiger partial charge in [-0.1, -0.05) is 61.7 Å². The Morgan fingerprint density at radius 3 is 2.30 bits per heavy atom. The van der Waals surface area contributed by atoms with Gasteiger partial charge in [-0.25, -0.2) is 4.98 Å². The van der Waals surface area contributed by atoms with Crippen LogP contribution < -0.4 is 9.64 Å². The predicted octanol–water partition coefficient (Wildman–Crippen LogP) is 7.28. The molecule has 2 aromatic carbocycles. The lowest BCUT2D eigenvalue weighted by molar-refractivity contribution is -0.137. The Labute approximate surface area is 192 Å². The number of ether oxygens (including phenoxy) is 1. The van der Waals surface area contributed by atoms with Crippen LogP contribution in [0, 0.1) is 0 Å². The number of halogens is 3. The summed E-state index contributed by atoms with van der Waals surface area (Å²) in [5, 5.41) is 0. The Morgan fingerprint density at radius 2 is 1.67 bits per heavy atom. The molecule has 1 aliphatic rings. The van der Waals surface area contributed by atoms with E-state index in [4.69, 9.17) is 4.74 Å². The number of anilines is 2. The lowest BCUT2D eigenvalue weighted by Gasteiger charge is -2.27. The average Bonchev–Trinajstić information content (AvgIpc) is 2.84. The van der Waals surface area contributed by atoms with Crippen molar-refractivity contribution in [2.24, 2.45) is 0 Å². The van der Waals surface area contributed by atoms with Gasteiger partial charge in [-0.05, 0) is 48.9 Å². The van der Waals surface area contributed by atoms with Crippen molar-refractivity contribution in [3.63, 3.8) is 0 Å². The summed E-state index contributed by atoms with van der Waals surface area (Å²) >= 11 is 0. The molecular formula is C26H28F3N3O. The summed E-state index contributed by atoms with van der Waals surface area (Å²) in [5.74, 6) is 0.333. The fourth-order valence-electron chi connectivity index (χ4n) is 4.37. The van der Waals surface area contributed by atoms with E-state index in [2.05, 4.69) is 9.97 Å². The first-order chi connectivity index (χ1) is 16.0. The van der Waals surface area contributed by atoms with E-state index in [1.165, 1.54) is 37.7 Å². The largest absolute Gasteiger partial charge is 0.459 e. The molecule has 0 atom stereocenters. The van der Waals surface area contributed by atoms with Crippen LogP contribution in [0.1, 0.15) is 61.6 Å². The zero-order valence-electron chi connectivity index (χ0n) is 18.7. The summed E-state index contributed by atoms with van der Waals surface area (Å²) in [5.41, 5.74) is 1.91. The smallest absolute Gasteiger partial charge is 0.421 e. The maximum Gasteiger partial charge on any atom is 0.421 e. The second-order valence-electron chi connectivity index (χ2n) is 8.33. The summed E-state index contributed by atoms with van der Waals surface area (Å²) in [6, 6.07) is 17.1. The highest BCUT2D eigenvalue weighted by Gasteiger charge is 2.37. The number of aromatic nitrogens is 2. The molecule has 4 nitrogen and oxygen atoms in total. The molecule has 174 valence electrons. The van der Waals surface area contributed by atoms with Gasteiger partial charge in [0.1, 0.15) is 12.2 Å². The van der Waals surface area contributed by atoms with E-state index in [1.54, 1.807) is 4.90 Å². The van der Waals surface area contributed by atoms with Crippen molar-refractivity contribution in [1.82, 2.24) is 9.97 Å². The lowest BCUT2D eigenvalue weighted by Crippen LogP contribution is -2.23. The Hall–Kier alpha value is -3.09. The van der Waals surface area contributed by atoms with Crippen LogP contribution in [0.4, 0.5) is 24.7 Å². The van der Waals surface area contributed by atoms with Gasteiger partial charge in [0.25, 0.3) is 0 Å². The molecule has 0 amide bonds. The number of benzene rings is 2. The topological polar surface area (TPSA) is 38.2 Å². The van der Waals surface area contributed by atoms with Gasteiger partial charge < -0.3 is 9.64 Å². The highest BCUT2D eigenvalue weighted by molar-refractivity contribution is 5.64. The molecule has 0 aliphatic heterocycles. The van der Waals surface area contributed by atoms with Crippen molar-refractivity contribution in [2.75, 3.05) is 11.4 Å². The van der Waals surface area contributed by atoms with E-state index in [0.29, 0.717) is 18.2 Å². The Bertz CT molecular complexity index is 1030. The van der Waals surface area contributed by atoms with Crippen LogP contribution in [0.25, 0.3) is 0 Å². The zero-order chi connectivity index (χ0) is 23.3. The average molecular weight is 456 g/mol. The van der Waals surface area contributed by atoms with Crippen molar-refractivity contribution in [3.05, 3.63) is 77.5 Å². The van der Waals surface area contributed by atoms with Crippen LogP contribution in [0.2, 0.25) is 0 Å². The quantitative estimate of drug-likeness (QED) is 0.375. The maximum absolute atomic E-state index is 13.8. The molecule has 1 heterocycles. The molecule has 1 saturated carbocycles. The second kappa shape index (κ2) is 10.2. The van der Waals surface area contributed by atoms with Crippen molar-refractivity contribution >= 4 is 11.5 Å². The standard InChI is InChI=1S/C26H28F3N3O/c1-2-32(22-15-13-21(14-16-22)20-11-7-4-8-12-20)24-23(26(27,28)29)17-30-25(31-24)33-18-19-9-5-3-6-10-19/h3,5-6,9-10,13-17,20H,2,4,7-8,11-12,18H2,1H3. The molecule has 0 unspecified atom stereocenters. The van der Waals surface area contributed by atoms with Crippen LogP contribution >= 0.6 is 0 Å². The Balaban J connectivity index is 1.61. The van der Waals surface area contributed by atoms with Crippen LogP contribution in [0.3, 0.4) is 0 Å². The second-order valence-corrected chi connectivity index (χ2v) is 8.33. The van der Waals surface area contributed by atoms with Crippen LogP contribution in [-0.4, -0.2) is 16.5 Å². The number of hydrogen-bond donors (Lipinski definition) is 0. The molecule has 33 heavy (non-hydrogen) atoms. The molecule has 1 aliphatic carbocycles. The molecule has 1 aromatic heterocycles. The van der Waals surface area contributed by atoms with E-state index < -0.39 is 11.7 Å². The van der Waals surface area contributed by atoms with Crippen molar-refractivity contribution in [1.29, 1.82) is 0 Å². The Morgan fingerprint density at radius 1 is 0.970 bits per heavy atom. The Kier molecular flexibility index (Phi) is 7.16. The van der Waals surface area contributed by atoms with E-state index in [1.807, 2.05) is 61.5 Å². The van der Waals surface area contributed by atoms with Crippen molar-refractivity contribution < 1.29 is 17.9 Å². The minimum atomic E-state index is -4.58. The van der Waals surface area contributed by atoms with Crippen LogP contribution in [-0.2, 0) is 12.8 Å². The third-order valence-corrected chi connectivity index (χ3v) is 6.12. The summed E-state index contributed by atoms with van der Waals surface area (Å²) in [6.07, 6.45) is 2.31. The molecular weight excluding hydrogens is 427 g/mol. The van der Waals surface area contributed by atoms with Crippen LogP contribution in [0.15, 0.2) is 60.8 Å². The third kappa shape index (κ3) is 5.64. The minimum Gasteiger partial charge on any atom is -0.459 e. The summed E-state index contributed by atoms with van der Waals surface area (Å²) in [7, 11) is 0. The molecule has 0 N–H and O–H groups in total. The third-order valence-electron chi connectivity index (χ3n) is 6.12. The minimum absolute atomic E-state index is 0.0841. The normalized spacial score (nSPS) is 14.8. The van der Waals surface area contributed by atoms with E-state index in [-0.39, 0.29) is 18.4 Å². The molecule has 4 rings (SSSR count). The predicted molar refractivity (Wildman–Crippen MR) is 123 cm³/mol. The van der Waals surface area contributed by atoms with Gasteiger partial charge in [0.15, 0.2) is 5.82 Å². The van der Waals surface area contributed by atoms with Crippen molar-refractivity contribution in [3.8, 4) is 6.01 Å². The summed E-state index contributed by atoms with van der Waals surface area (Å²) in [6.45, 7) is 2.30. The first kappa shape index (κ1) is 23.1. The molecule has 0 radical (unpaired) electrons. The van der Waals surface area contributed by atoms with E-state index in [9.17, 15) is 13.2 Å². The van der Waals surface area contributed by atoms with E-state index >= 15 is 0 Å². The molecule has 1 fully saturated rings. The van der Waals surface area contributed by atoms with Gasteiger partial charge in [-0.2, -0.15) is 18.2 Å². The SMILES string of the molecule is CCN(c1ccc(C2CCCCC2)cc1)c1nc(OCc2ccccc2)ncc1C(F)(F)F. The highest BCUT2D eigenvalue weighted by Crippen LogP contribution is 2.39. The molecule has 0 spiro atoms. The maximum atomic E-state index is 13.8. The molecule has 0 bridgehead atoms. The zero-order valence-corrected chi connectivity index (χ0v) is 18.7. The first-order valence-electron chi connectivity index (χ1n) is 11.4. The summed E-state index contributed by atoms with van der Waals surface area (Å²) in [4.78, 5) is 9.57. The number of nitrogens with zero attached hydrogens (tertiary/aromatic N) is 3. The molecule has 7 heteroatoms. The summed E-state index contributed by atoms with van der Waals surface area (Å²) < 4.78 is 47.0. The monoisotopic (exact) mass is 455 g/mol. The fourth-order valence-corrected chi connectivity index (χ4v) is 4.37. The van der Waals surface area contributed by atoms with Gasteiger partial charge in [-0.15, -0.1) is 0 Å². The van der Waals surface area contributed by atoms with Gasteiger partial charge in [0.2, 0.25) is 0 Å². The van der Waals surface area contributed by atoms with E-state index in [0.717, 1.165) is 11.8 Å². The number of rotatable bonds is 7. The van der Waals surface area contributed by atoms with Gasteiger partial charge >= 0.3 is 12.2 Å². The lowest BCUT2D eigenvalue weighted by atomic mass is 9.84. The number of hydrogen-bond acceptors (Lipinski definition) is 4. The number of alkyl halides is 3.